The number of nitriles is 2. The Kier molecular flexibility index (Phi) is 3.30. The fraction of sp³-hybridized carbons (Fsp3) is 0.357. The van der Waals surface area contributed by atoms with E-state index in [0.717, 1.165) is 12.8 Å². The Balaban J connectivity index is 2.22. The summed E-state index contributed by atoms with van der Waals surface area (Å²) in [5.74, 6) is -0.287. The topological polar surface area (TPSA) is 76.7 Å². The molecule has 0 radical (unpaired) electrons. The lowest BCUT2D eigenvalue weighted by molar-refractivity contribution is -0.122. The van der Waals surface area contributed by atoms with E-state index in [1.54, 1.807) is 24.3 Å². The fourth-order valence-electron chi connectivity index (χ4n) is 2.30. The maximum atomic E-state index is 12.2. The summed E-state index contributed by atoms with van der Waals surface area (Å²) in [7, 11) is 0. The molecule has 90 valence electrons. The van der Waals surface area contributed by atoms with Crippen molar-refractivity contribution < 1.29 is 4.79 Å². The lowest BCUT2D eigenvalue weighted by Crippen LogP contribution is -2.32. The van der Waals surface area contributed by atoms with Gasteiger partial charge in [0.05, 0.1) is 17.3 Å². The van der Waals surface area contributed by atoms with Crippen molar-refractivity contribution in [2.45, 2.75) is 25.7 Å². The highest BCUT2D eigenvalue weighted by molar-refractivity contribution is 5.98. The van der Waals surface area contributed by atoms with Crippen molar-refractivity contribution in [1.29, 1.82) is 10.5 Å². The predicted octanol–water partition coefficient (Wildman–Crippen LogP) is 2.58. The van der Waals surface area contributed by atoms with Gasteiger partial charge in [-0.25, -0.2) is 0 Å². The number of hydrogen-bond donors (Lipinski definition) is 1. The van der Waals surface area contributed by atoms with E-state index in [0.29, 0.717) is 24.1 Å². The number of rotatable bonds is 2. The number of carbonyl (C=O) groups excluding carboxylic acids is 1. The molecule has 1 aliphatic carbocycles. The van der Waals surface area contributed by atoms with Crippen LogP contribution in [0.2, 0.25) is 0 Å². The number of hydrogen-bond acceptors (Lipinski definition) is 3. The summed E-state index contributed by atoms with van der Waals surface area (Å²) in [4.78, 5) is 12.2. The molecular weight excluding hydrogens is 226 g/mol. The zero-order valence-electron chi connectivity index (χ0n) is 9.94. The van der Waals surface area contributed by atoms with E-state index in [2.05, 4.69) is 11.4 Å². The van der Waals surface area contributed by atoms with E-state index in [1.807, 2.05) is 6.07 Å². The molecule has 0 aliphatic heterocycles. The average Bonchev–Trinajstić information content (AvgIpc) is 2.89. The van der Waals surface area contributed by atoms with Crippen molar-refractivity contribution in [3.63, 3.8) is 0 Å². The minimum Gasteiger partial charge on any atom is -0.324 e. The Labute approximate surface area is 106 Å². The molecule has 1 fully saturated rings. The van der Waals surface area contributed by atoms with Crippen LogP contribution in [-0.4, -0.2) is 5.91 Å². The summed E-state index contributed by atoms with van der Waals surface area (Å²) in [5, 5.41) is 20.9. The Morgan fingerprint density at radius 3 is 2.50 bits per heavy atom. The zero-order chi connectivity index (χ0) is 13.0. The second kappa shape index (κ2) is 4.89. The van der Waals surface area contributed by atoms with Gasteiger partial charge in [-0.3, -0.25) is 4.79 Å². The summed E-state index contributed by atoms with van der Waals surface area (Å²) >= 11 is 0. The van der Waals surface area contributed by atoms with E-state index >= 15 is 0 Å². The van der Waals surface area contributed by atoms with Crippen LogP contribution in [0.4, 0.5) is 5.69 Å². The smallest absolute Gasteiger partial charge is 0.244 e. The van der Waals surface area contributed by atoms with E-state index in [-0.39, 0.29) is 5.91 Å². The first-order chi connectivity index (χ1) is 8.72. The van der Waals surface area contributed by atoms with Gasteiger partial charge in [-0.1, -0.05) is 25.0 Å². The van der Waals surface area contributed by atoms with Gasteiger partial charge in [0.25, 0.3) is 0 Å². The maximum Gasteiger partial charge on any atom is 0.244 e. The largest absolute Gasteiger partial charge is 0.324 e. The number of anilines is 1. The van der Waals surface area contributed by atoms with E-state index in [1.165, 1.54) is 0 Å². The molecule has 1 saturated carbocycles. The molecule has 2 rings (SSSR count). The molecule has 0 aromatic heterocycles. The fourth-order valence-corrected chi connectivity index (χ4v) is 2.30. The average molecular weight is 239 g/mol. The van der Waals surface area contributed by atoms with E-state index in [9.17, 15) is 10.1 Å². The van der Waals surface area contributed by atoms with Crippen LogP contribution in [0.3, 0.4) is 0 Å². The first-order valence-electron chi connectivity index (χ1n) is 5.94. The van der Waals surface area contributed by atoms with Crippen LogP contribution >= 0.6 is 0 Å². The second-order valence-corrected chi connectivity index (χ2v) is 4.51. The number of benzene rings is 1. The highest BCUT2D eigenvalue weighted by Gasteiger charge is 2.41. The third-order valence-corrected chi connectivity index (χ3v) is 3.40. The molecule has 0 spiro atoms. The monoisotopic (exact) mass is 239 g/mol. The summed E-state index contributed by atoms with van der Waals surface area (Å²) < 4.78 is 0. The van der Waals surface area contributed by atoms with Crippen LogP contribution in [0.1, 0.15) is 31.2 Å². The van der Waals surface area contributed by atoms with Gasteiger partial charge in [0.1, 0.15) is 11.5 Å². The molecule has 4 nitrogen and oxygen atoms in total. The SMILES string of the molecule is N#Cc1ccccc1NC(=O)C1(C#N)CCCC1. The van der Waals surface area contributed by atoms with Crippen molar-refractivity contribution in [2.75, 3.05) is 5.32 Å². The van der Waals surface area contributed by atoms with Crippen molar-refractivity contribution in [1.82, 2.24) is 0 Å². The summed E-state index contributed by atoms with van der Waals surface area (Å²) in [5.41, 5.74) is -0.0220. The summed E-state index contributed by atoms with van der Waals surface area (Å²) in [6.07, 6.45) is 3.01. The summed E-state index contributed by atoms with van der Waals surface area (Å²) in [6, 6.07) is 11.0. The normalized spacial score (nSPS) is 16.6. The molecule has 0 heterocycles. The number of amides is 1. The Bertz CT molecular complexity index is 545. The van der Waals surface area contributed by atoms with Crippen LogP contribution in [-0.2, 0) is 4.79 Å². The van der Waals surface area contributed by atoms with Crippen LogP contribution in [0.15, 0.2) is 24.3 Å². The van der Waals surface area contributed by atoms with Crippen molar-refractivity contribution in [2.24, 2.45) is 5.41 Å². The Morgan fingerprint density at radius 2 is 1.89 bits per heavy atom. The van der Waals surface area contributed by atoms with Gasteiger partial charge < -0.3 is 5.32 Å². The second-order valence-electron chi connectivity index (χ2n) is 4.51. The van der Waals surface area contributed by atoms with Crippen molar-refractivity contribution >= 4 is 11.6 Å². The minimum absolute atomic E-state index is 0.287. The Hall–Kier alpha value is -2.33. The van der Waals surface area contributed by atoms with Gasteiger partial charge in [-0.05, 0) is 25.0 Å². The highest BCUT2D eigenvalue weighted by Crippen LogP contribution is 2.38. The molecule has 1 aromatic rings. The third-order valence-electron chi connectivity index (χ3n) is 3.40. The molecule has 1 N–H and O–H groups in total. The third kappa shape index (κ3) is 2.06. The molecule has 0 bridgehead atoms. The number of carbonyl (C=O) groups is 1. The van der Waals surface area contributed by atoms with Crippen molar-refractivity contribution in [3.8, 4) is 12.1 Å². The van der Waals surface area contributed by atoms with Crippen molar-refractivity contribution in [3.05, 3.63) is 29.8 Å². The van der Waals surface area contributed by atoms with Gasteiger partial charge in [0, 0.05) is 0 Å². The molecule has 0 unspecified atom stereocenters. The molecule has 1 amide bonds. The maximum absolute atomic E-state index is 12.2. The number of nitrogens with zero attached hydrogens (tertiary/aromatic N) is 2. The lowest BCUT2D eigenvalue weighted by atomic mass is 9.87. The first kappa shape index (κ1) is 12.1. The zero-order valence-corrected chi connectivity index (χ0v) is 9.94. The molecule has 4 heteroatoms. The molecular formula is C14H13N3O. The first-order valence-corrected chi connectivity index (χ1v) is 5.94. The molecule has 18 heavy (non-hydrogen) atoms. The van der Waals surface area contributed by atoms with E-state index < -0.39 is 5.41 Å². The molecule has 1 aromatic carbocycles. The van der Waals surface area contributed by atoms with Gasteiger partial charge >= 0.3 is 0 Å². The van der Waals surface area contributed by atoms with Crippen LogP contribution in [0.5, 0.6) is 0 Å². The van der Waals surface area contributed by atoms with Gasteiger partial charge in [0.2, 0.25) is 5.91 Å². The highest BCUT2D eigenvalue weighted by atomic mass is 16.2. The summed E-state index contributed by atoms with van der Waals surface area (Å²) in [6.45, 7) is 0. The minimum atomic E-state index is -0.914. The van der Waals surface area contributed by atoms with Gasteiger partial charge in [-0.2, -0.15) is 10.5 Å². The Morgan fingerprint density at radius 1 is 1.22 bits per heavy atom. The van der Waals surface area contributed by atoms with Gasteiger partial charge in [0.15, 0.2) is 0 Å². The quantitative estimate of drug-likeness (QED) is 0.861. The molecule has 1 aliphatic rings. The molecule has 0 saturated heterocycles. The van der Waals surface area contributed by atoms with Gasteiger partial charge in [-0.15, -0.1) is 0 Å². The number of nitrogens with one attached hydrogen (secondary N) is 1. The predicted molar refractivity (Wildman–Crippen MR) is 66.3 cm³/mol. The standard InChI is InChI=1S/C14H13N3O/c15-9-11-5-1-2-6-12(11)17-13(18)14(10-16)7-3-4-8-14/h1-2,5-6H,3-4,7-8H2,(H,17,18). The van der Waals surface area contributed by atoms with E-state index in [4.69, 9.17) is 5.26 Å². The lowest BCUT2D eigenvalue weighted by Gasteiger charge is -2.19. The van der Waals surface area contributed by atoms with Crippen LogP contribution in [0.25, 0.3) is 0 Å². The number of para-hydroxylation sites is 1. The van der Waals surface area contributed by atoms with Crippen LogP contribution < -0.4 is 5.32 Å². The van der Waals surface area contributed by atoms with Crippen LogP contribution in [0, 0.1) is 28.1 Å². The molecule has 0 atom stereocenters.